The van der Waals surface area contributed by atoms with Gasteiger partial charge in [0.1, 0.15) is 0 Å². The highest BCUT2D eigenvalue weighted by atomic mass is 14.9. The lowest BCUT2D eigenvalue weighted by Gasteiger charge is -2.20. The summed E-state index contributed by atoms with van der Waals surface area (Å²) in [6.07, 6.45) is 0. The molecule has 0 aromatic rings. The Kier molecular flexibility index (Phi) is 4.65. The van der Waals surface area contributed by atoms with Gasteiger partial charge in [-0.15, -0.1) is 0 Å². The molecule has 0 bridgehead atoms. The molecule has 0 saturated carbocycles. The van der Waals surface area contributed by atoms with Gasteiger partial charge in [-0.05, 0) is 5.41 Å². The minimum absolute atomic E-state index is 0.0948. The van der Waals surface area contributed by atoms with Crippen molar-refractivity contribution in [3.8, 4) is 0 Å². The van der Waals surface area contributed by atoms with Gasteiger partial charge < -0.3 is 16.8 Å². The van der Waals surface area contributed by atoms with Crippen LogP contribution in [0.4, 0.5) is 0 Å². The molecule has 0 aromatic carbocycles. The zero-order valence-electron chi connectivity index (χ0n) is 7.85. The van der Waals surface area contributed by atoms with Gasteiger partial charge in [0.25, 0.3) is 0 Å². The van der Waals surface area contributed by atoms with Gasteiger partial charge in [0.15, 0.2) is 0 Å². The Balaban J connectivity index is 3.28. The van der Waals surface area contributed by atoms with Crippen molar-refractivity contribution in [3.63, 3.8) is 0 Å². The van der Waals surface area contributed by atoms with E-state index < -0.39 is 0 Å². The molecule has 0 rings (SSSR count). The predicted molar refractivity (Wildman–Crippen MR) is 49.4 cm³/mol. The number of nitrogens with two attached hydrogens (primary N) is 2. The Bertz CT molecular complexity index is 96.0. The summed E-state index contributed by atoms with van der Waals surface area (Å²) in [5.41, 5.74) is 11.3. The molecule has 0 aromatic heterocycles. The average Bonchev–Trinajstić information content (AvgIpc) is 1.85. The Morgan fingerprint density at radius 2 is 1.91 bits per heavy atom. The summed E-state index contributed by atoms with van der Waals surface area (Å²) in [6.45, 7) is 8.92. The molecule has 5 N–H and O–H groups in total. The maximum atomic E-state index is 5.61. The van der Waals surface area contributed by atoms with Crippen molar-refractivity contribution in [2.24, 2.45) is 16.9 Å². The second-order valence-electron chi connectivity index (χ2n) is 4.19. The van der Waals surface area contributed by atoms with Crippen molar-refractivity contribution < 1.29 is 0 Å². The van der Waals surface area contributed by atoms with Crippen molar-refractivity contribution in [2.75, 3.05) is 19.6 Å². The fraction of sp³-hybridized carbons (Fsp3) is 1.00. The summed E-state index contributed by atoms with van der Waals surface area (Å²) in [6, 6.07) is 0.0948. The molecule has 0 amide bonds. The van der Waals surface area contributed by atoms with Gasteiger partial charge in [-0.3, -0.25) is 0 Å². The van der Waals surface area contributed by atoms with Gasteiger partial charge in [0.2, 0.25) is 0 Å². The number of nitrogens with one attached hydrogen (secondary N) is 1. The highest BCUT2D eigenvalue weighted by molar-refractivity contribution is 4.69. The van der Waals surface area contributed by atoms with Crippen molar-refractivity contribution in [1.29, 1.82) is 0 Å². The maximum Gasteiger partial charge on any atom is 0.0290 e. The molecule has 1 atom stereocenters. The van der Waals surface area contributed by atoms with Crippen LogP contribution in [0.15, 0.2) is 0 Å². The van der Waals surface area contributed by atoms with Crippen LogP contribution in [0.25, 0.3) is 0 Å². The topological polar surface area (TPSA) is 64.1 Å². The van der Waals surface area contributed by atoms with E-state index >= 15 is 0 Å². The predicted octanol–water partition coefficient (Wildman–Crippen LogP) is -0.0919. The molecule has 0 radical (unpaired) electrons. The van der Waals surface area contributed by atoms with Crippen LogP contribution in [0.1, 0.15) is 20.8 Å². The highest BCUT2D eigenvalue weighted by Crippen LogP contribution is 2.09. The van der Waals surface area contributed by atoms with Crippen molar-refractivity contribution >= 4 is 0 Å². The molecular weight excluding hydrogens is 138 g/mol. The van der Waals surface area contributed by atoms with Crippen LogP contribution >= 0.6 is 0 Å². The summed E-state index contributed by atoms with van der Waals surface area (Å²) in [4.78, 5) is 0. The summed E-state index contributed by atoms with van der Waals surface area (Å²) in [5.74, 6) is 0. The van der Waals surface area contributed by atoms with E-state index in [-0.39, 0.29) is 6.04 Å². The van der Waals surface area contributed by atoms with E-state index in [1.54, 1.807) is 0 Å². The second kappa shape index (κ2) is 4.70. The second-order valence-corrected chi connectivity index (χ2v) is 4.19. The molecule has 0 fully saturated rings. The molecule has 3 heteroatoms. The Labute approximate surface area is 69.5 Å². The first-order valence-electron chi connectivity index (χ1n) is 4.12. The first-order valence-corrected chi connectivity index (χ1v) is 4.12. The summed E-state index contributed by atoms with van der Waals surface area (Å²) >= 11 is 0. The molecule has 1 unspecified atom stereocenters. The van der Waals surface area contributed by atoms with Gasteiger partial charge in [-0.25, -0.2) is 0 Å². The lowest BCUT2D eigenvalue weighted by molar-refractivity contribution is 0.374. The zero-order chi connectivity index (χ0) is 8.91. The molecule has 0 aliphatic carbocycles. The first-order chi connectivity index (χ1) is 4.95. The third-order valence-electron chi connectivity index (χ3n) is 1.36. The molecule has 11 heavy (non-hydrogen) atoms. The molecule has 0 spiro atoms. The molecular formula is C8H21N3. The number of hydrogen-bond acceptors (Lipinski definition) is 3. The van der Waals surface area contributed by atoms with E-state index in [0.29, 0.717) is 12.0 Å². The van der Waals surface area contributed by atoms with E-state index in [2.05, 4.69) is 26.1 Å². The minimum Gasteiger partial charge on any atom is -0.329 e. The van der Waals surface area contributed by atoms with Crippen LogP contribution in [0.2, 0.25) is 0 Å². The van der Waals surface area contributed by atoms with Crippen LogP contribution in [-0.2, 0) is 0 Å². The maximum absolute atomic E-state index is 5.61. The summed E-state index contributed by atoms with van der Waals surface area (Å²) < 4.78 is 0. The molecule has 3 nitrogen and oxygen atoms in total. The lowest BCUT2D eigenvalue weighted by Crippen LogP contribution is -2.41. The average molecular weight is 159 g/mol. The molecule has 0 saturated heterocycles. The monoisotopic (exact) mass is 159 g/mol. The number of rotatable bonds is 4. The van der Waals surface area contributed by atoms with Crippen LogP contribution in [-0.4, -0.2) is 25.7 Å². The van der Waals surface area contributed by atoms with Crippen molar-refractivity contribution in [1.82, 2.24) is 5.32 Å². The van der Waals surface area contributed by atoms with Crippen LogP contribution in [0.3, 0.4) is 0 Å². The molecule has 0 aliphatic heterocycles. The zero-order valence-corrected chi connectivity index (χ0v) is 7.85. The van der Waals surface area contributed by atoms with Gasteiger partial charge in [0.05, 0.1) is 0 Å². The summed E-state index contributed by atoms with van der Waals surface area (Å²) in [5, 5.41) is 3.27. The van der Waals surface area contributed by atoms with E-state index in [1.807, 2.05) is 0 Å². The van der Waals surface area contributed by atoms with Crippen molar-refractivity contribution in [2.45, 2.75) is 26.8 Å². The lowest BCUT2D eigenvalue weighted by atomic mass is 9.97. The van der Waals surface area contributed by atoms with Crippen LogP contribution < -0.4 is 16.8 Å². The van der Waals surface area contributed by atoms with Crippen molar-refractivity contribution in [3.05, 3.63) is 0 Å². The first kappa shape index (κ1) is 10.9. The quantitative estimate of drug-likeness (QED) is 0.537. The molecule has 68 valence electrons. The fourth-order valence-electron chi connectivity index (χ4n) is 0.716. The largest absolute Gasteiger partial charge is 0.329 e. The normalized spacial score (nSPS) is 15.0. The van der Waals surface area contributed by atoms with Gasteiger partial charge in [-0.1, -0.05) is 20.8 Å². The smallest absolute Gasteiger partial charge is 0.0290 e. The van der Waals surface area contributed by atoms with E-state index in [9.17, 15) is 0 Å². The summed E-state index contributed by atoms with van der Waals surface area (Å²) in [7, 11) is 0. The van der Waals surface area contributed by atoms with Gasteiger partial charge in [0, 0.05) is 25.7 Å². The minimum atomic E-state index is 0.0948. The van der Waals surface area contributed by atoms with E-state index in [0.717, 1.165) is 13.1 Å². The standard InChI is InChI=1S/C8H21N3/c1-8(2,3)6-11-5-7(10)4-9/h7,11H,4-6,9-10H2,1-3H3. The van der Waals surface area contributed by atoms with Crippen LogP contribution in [0.5, 0.6) is 0 Å². The van der Waals surface area contributed by atoms with E-state index in [4.69, 9.17) is 11.5 Å². The third-order valence-corrected chi connectivity index (χ3v) is 1.36. The van der Waals surface area contributed by atoms with E-state index in [1.165, 1.54) is 0 Å². The Morgan fingerprint density at radius 1 is 1.36 bits per heavy atom. The molecule has 0 heterocycles. The van der Waals surface area contributed by atoms with Gasteiger partial charge >= 0.3 is 0 Å². The number of hydrogen-bond donors (Lipinski definition) is 3. The SMILES string of the molecule is CC(C)(C)CNCC(N)CN. The Hall–Kier alpha value is -0.120. The van der Waals surface area contributed by atoms with Gasteiger partial charge in [-0.2, -0.15) is 0 Å². The molecule has 0 aliphatic rings. The fourth-order valence-corrected chi connectivity index (χ4v) is 0.716. The highest BCUT2D eigenvalue weighted by Gasteiger charge is 2.09. The van der Waals surface area contributed by atoms with Crippen LogP contribution in [0, 0.1) is 5.41 Å². The Morgan fingerprint density at radius 3 is 2.27 bits per heavy atom. The third kappa shape index (κ3) is 7.78.